The van der Waals surface area contributed by atoms with Crippen molar-refractivity contribution in [3.8, 4) is 0 Å². The number of nitro groups is 1. The molecule has 0 saturated heterocycles. The molecule has 92 valence electrons. The molecule has 0 bridgehead atoms. The van der Waals surface area contributed by atoms with E-state index in [1.807, 2.05) is 6.92 Å². The fourth-order valence-electron chi connectivity index (χ4n) is 1.22. The molecule has 0 aromatic heterocycles. The Balaban J connectivity index is 2.49. The fraction of sp³-hybridized carbons (Fsp3) is 0.364. The predicted octanol–water partition coefficient (Wildman–Crippen LogP) is 1.36. The molecule has 0 aliphatic heterocycles. The van der Waals surface area contributed by atoms with E-state index in [1.54, 1.807) is 0 Å². The maximum absolute atomic E-state index is 11.6. The molecule has 1 N–H and O–H groups in total. The van der Waals surface area contributed by atoms with Crippen molar-refractivity contribution in [2.45, 2.75) is 6.92 Å². The molecule has 0 saturated carbocycles. The number of carbonyl (C=O) groups is 1. The maximum Gasteiger partial charge on any atom is 0.269 e. The van der Waals surface area contributed by atoms with Crippen LogP contribution in [0.4, 0.5) is 5.69 Å². The lowest BCUT2D eigenvalue weighted by atomic mass is 10.2. The number of nitro benzene ring substituents is 1. The number of hydrogen-bond donors (Lipinski definition) is 1. The van der Waals surface area contributed by atoms with E-state index in [-0.39, 0.29) is 11.6 Å². The van der Waals surface area contributed by atoms with E-state index in [0.717, 1.165) is 0 Å². The van der Waals surface area contributed by atoms with Crippen molar-refractivity contribution in [2.75, 3.05) is 19.8 Å². The predicted molar refractivity (Wildman–Crippen MR) is 61.9 cm³/mol. The van der Waals surface area contributed by atoms with Gasteiger partial charge in [-0.25, -0.2) is 0 Å². The van der Waals surface area contributed by atoms with E-state index < -0.39 is 4.92 Å². The van der Waals surface area contributed by atoms with Gasteiger partial charge in [0.1, 0.15) is 0 Å². The molecule has 6 nitrogen and oxygen atoms in total. The fourth-order valence-corrected chi connectivity index (χ4v) is 1.22. The topological polar surface area (TPSA) is 81.5 Å². The van der Waals surface area contributed by atoms with Crippen molar-refractivity contribution in [1.29, 1.82) is 0 Å². The molecule has 0 aliphatic rings. The van der Waals surface area contributed by atoms with E-state index in [4.69, 9.17) is 4.74 Å². The van der Waals surface area contributed by atoms with Crippen LogP contribution in [-0.2, 0) is 4.74 Å². The number of benzene rings is 1. The molecule has 0 heterocycles. The molecular weight excluding hydrogens is 224 g/mol. The molecule has 0 atom stereocenters. The second-order valence-electron chi connectivity index (χ2n) is 3.26. The van der Waals surface area contributed by atoms with Crippen molar-refractivity contribution >= 4 is 11.6 Å². The van der Waals surface area contributed by atoms with Crippen LogP contribution in [0, 0.1) is 10.1 Å². The molecular formula is C11H14N2O4. The summed E-state index contributed by atoms with van der Waals surface area (Å²) in [5, 5.41) is 13.1. The standard InChI is InChI=1S/C11H14N2O4/c1-2-17-8-7-12-11(14)9-3-5-10(6-4-9)13(15)16/h3-6H,2,7-8H2,1H3,(H,12,14). The van der Waals surface area contributed by atoms with Gasteiger partial charge in [0.25, 0.3) is 11.6 Å². The SMILES string of the molecule is CCOCCNC(=O)c1ccc([N+](=O)[O-])cc1. The summed E-state index contributed by atoms with van der Waals surface area (Å²) in [4.78, 5) is 21.5. The number of amides is 1. The molecule has 17 heavy (non-hydrogen) atoms. The van der Waals surface area contributed by atoms with Gasteiger partial charge in [-0.15, -0.1) is 0 Å². The van der Waals surface area contributed by atoms with Gasteiger partial charge in [-0.05, 0) is 19.1 Å². The Hall–Kier alpha value is -1.95. The second kappa shape index (κ2) is 6.59. The van der Waals surface area contributed by atoms with Crippen LogP contribution in [-0.4, -0.2) is 30.6 Å². The Kier molecular flexibility index (Phi) is 5.09. The molecule has 0 aliphatic carbocycles. The Morgan fingerprint density at radius 1 is 1.41 bits per heavy atom. The first kappa shape index (κ1) is 13.1. The lowest BCUT2D eigenvalue weighted by Crippen LogP contribution is -2.27. The van der Waals surface area contributed by atoms with Crippen LogP contribution < -0.4 is 5.32 Å². The smallest absolute Gasteiger partial charge is 0.269 e. The summed E-state index contributed by atoms with van der Waals surface area (Å²) in [6, 6.07) is 5.46. The number of nitrogens with zero attached hydrogens (tertiary/aromatic N) is 1. The first-order valence-corrected chi connectivity index (χ1v) is 5.25. The minimum Gasteiger partial charge on any atom is -0.380 e. The highest BCUT2D eigenvalue weighted by Crippen LogP contribution is 2.11. The van der Waals surface area contributed by atoms with Crippen LogP contribution in [0.3, 0.4) is 0 Å². The summed E-state index contributed by atoms with van der Waals surface area (Å²) in [5.74, 6) is -0.264. The molecule has 6 heteroatoms. The van der Waals surface area contributed by atoms with Crippen LogP contribution in [0.15, 0.2) is 24.3 Å². The Morgan fingerprint density at radius 3 is 2.59 bits per heavy atom. The maximum atomic E-state index is 11.6. The van der Waals surface area contributed by atoms with Crippen LogP contribution in [0.5, 0.6) is 0 Å². The highest BCUT2D eigenvalue weighted by atomic mass is 16.6. The van der Waals surface area contributed by atoms with Gasteiger partial charge in [0.05, 0.1) is 11.5 Å². The molecule has 1 rings (SSSR count). The van der Waals surface area contributed by atoms with Crippen molar-refractivity contribution < 1.29 is 14.5 Å². The van der Waals surface area contributed by atoms with Gasteiger partial charge in [-0.1, -0.05) is 0 Å². The van der Waals surface area contributed by atoms with Crippen LogP contribution in [0.2, 0.25) is 0 Å². The number of ether oxygens (including phenoxy) is 1. The molecule has 1 amide bonds. The highest BCUT2D eigenvalue weighted by Gasteiger charge is 2.08. The number of hydrogen-bond acceptors (Lipinski definition) is 4. The third-order valence-electron chi connectivity index (χ3n) is 2.08. The minimum atomic E-state index is -0.503. The van der Waals surface area contributed by atoms with Crippen LogP contribution in [0.1, 0.15) is 17.3 Å². The lowest BCUT2D eigenvalue weighted by molar-refractivity contribution is -0.384. The van der Waals surface area contributed by atoms with E-state index in [9.17, 15) is 14.9 Å². The third kappa shape index (κ3) is 4.20. The van der Waals surface area contributed by atoms with Gasteiger partial charge in [-0.3, -0.25) is 14.9 Å². The zero-order chi connectivity index (χ0) is 12.7. The summed E-state index contributed by atoms with van der Waals surface area (Å²) >= 11 is 0. The third-order valence-corrected chi connectivity index (χ3v) is 2.08. The molecule has 0 spiro atoms. The zero-order valence-electron chi connectivity index (χ0n) is 9.51. The van der Waals surface area contributed by atoms with Gasteiger partial charge >= 0.3 is 0 Å². The van der Waals surface area contributed by atoms with Crippen LogP contribution >= 0.6 is 0 Å². The van der Waals surface area contributed by atoms with Crippen LogP contribution in [0.25, 0.3) is 0 Å². The Bertz CT molecular complexity index is 389. The van der Waals surface area contributed by atoms with E-state index in [2.05, 4.69) is 5.32 Å². The van der Waals surface area contributed by atoms with E-state index in [1.165, 1.54) is 24.3 Å². The summed E-state index contributed by atoms with van der Waals surface area (Å²) in [6.07, 6.45) is 0. The number of non-ortho nitro benzene ring substituents is 1. The molecule has 0 unspecified atom stereocenters. The van der Waals surface area contributed by atoms with E-state index >= 15 is 0 Å². The van der Waals surface area contributed by atoms with Crippen molar-refractivity contribution in [2.24, 2.45) is 0 Å². The van der Waals surface area contributed by atoms with Gasteiger partial charge in [-0.2, -0.15) is 0 Å². The molecule has 0 radical (unpaired) electrons. The minimum absolute atomic E-state index is 0.0316. The van der Waals surface area contributed by atoms with Gasteiger partial charge in [0.15, 0.2) is 0 Å². The van der Waals surface area contributed by atoms with Gasteiger partial charge in [0, 0.05) is 30.8 Å². The highest BCUT2D eigenvalue weighted by molar-refractivity contribution is 5.94. The quantitative estimate of drug-likeness (QED) is 0.461. The van der Waals surface area contributed by atoms with Crippen molar-refractivity contribution in [3.63, 3.8) is 0 Å². The van der Waals surface area contributed by atoms with Crippen molar-refractivity contribution in [3.05, 3.63) is 39.9 Å². The summed E-state index contributed by atoms with van der Waals surface area (Å²) in [6.45, 7) is 3.35. The molecule has 0 fully saturated rings. The zero-order valence-corrected chi connectivity index (χ0v) is 9.51. The normalized spacial score (nSPS) is 9.94. The molecule has 1 aromatic carbocycles. The van der Waals surface area contributed by atoms with E-state index in [0.29, 0.717) is 25.3 Å². The first-order valence-electron chi connectivity index (χ1n) is 5.25. The summed E-state index contributed by atoms with van der Waals surface area (Å²) < 4.78 is 5.07. The monoisotopic (exact) mass is 238 g/mol. The number of carbonyl (C=O) groups excluding carboxylic acids is 1. The number of nitrogens with one attached hydrogen (secondary N) is 1. The average Bonchev–Trinajstić information content (AvgIpc) is 2.34. The second-order valence-corrected chi connectivity index (χ2v) is 3.26. The largest absolute Gasteiger partial charge is 0.380 e. The summed E-state index contributed by atoms with van der Waals surface area (Å²) in [5.41, 5.74) is 0.364. The van der Waals surface area contributed by atoms with Gasteiger partial charge < -0.3 is 10.1 Å². The van der Waals surface area contributed by atoms with Gasteiger partial charge in [0.2, 0.25) is 0 Å². The summed E-state index contributed by atoms with van der Waals surface area (Å²) in [7, 11) is 0. The Labute approximate surface area is 98.7 Å². The lowest BCUT2D eigenvalue weighted by Gasteiger charge is -2.04. The average molecular weight is 238 g/mol. The van der Waals surface area contributed by atoms with Crippen molar-refractivity contribution in [1.82, 2.24) is 5.32 Å². The Morgan fingerprint density at radius 2 is 2.06 bits per heavy atom. The first-order chi connectivity index (χ1) is 8.15. The number of rotatable bonds is 6. The molecule has 1 aromatic rings.